The summed E-state index contributed by atoms with van der Waals surface area (Å²) in [4.78, 5) is 37.8. The minimum Gasteiger partial charge on any atom is -0.371 e. The molecule has 1 aliphatic carbocycles. The first kappa shape index (κ1) is 25.6. The third-order valence-electron chi connectivity index (χ3n) is 9.93. The summed E-state index contributed by atoms with van der Waals surface area (Å²) in [6, 6.07) is 16.1. The molecule has 1 spiro atoms. The number of carbonyl (C=O) groups is 2. The van der Waals surface area contributed by atoms with Crippen molar-refractivity contribution in [2.75, 3.05) is 31.1 Å². The highest BCUT2D eigenvalue weighted by molar-refractivity contribution is 6.34. The Morgan fingerprint density at radius 3 is 2.42 bits per heavy atom. The van der Waals surface area contributed by atoms with Crippen LogP contribution in [0.5, 0.6) is 0 Å². The van der Waals surface area contributed by atoms with Crippen LogP contribution in [-0.4, -0.2) is 52.8 Å². The lowest BCUT2D eigenvalue weighted by atomic mass is 9.71. The van der Waals surface area contributed by atoms with Crippen molar-refractivity contribution in [3.8, 4) is 0 Å². The van der Waals surface area contributed by atoms with E-state index in [-0.39, 0.29) is 17.9 Å². The van der Waals surface area contributed by atoms with Gasteiger partial charge in [-0.2, -0.15) is 0 Å². The zero-order valence-electron chi connectivity index (χ0n) is 22.8. The van der Waals surface area contributed by atoms with Gasteiger partial charge in [-0.25, -0.2) is 0 Å². The smallest absolute Gasteiger partial charge is 0.256 e. The molecule has 2 aromatic carbocycles. The Hall–Kier alpha value is -3.38. The number of hydrogen-bond acceptors (Lipinski definition) is 4. The SMILES string of the molecule is O=C(c1ccc2c(c1)[C@H](N1Cc3cccc(Cl)c3C1=O)CCC2)N1CCC2(CC1)CCN(c1ccncc1)CC2. The molecule has 4 heterocycles. The third-order valence-corrected chi connectivity index (χ3v) is 10.2. The maximum Gasteiger partial charge on any atom is 0.256 e. The molecule has 0 radical (unpaired) electrons. The maximum atomic E-state index is 13.7. The largest absolute Gasteiger partial charge is 0.371 e. The first-order chi connectivity index (χ1) is 19.5. The molecule has 206 valence electrons. The second kappa shape index (κ2) is 10.2. The molecule has 6 nitrogen and oxygen atoms in total. The molecule has 7 heteroatoms. The normalized spacial score (nSPS) is 21.9. The molecule has 0 unspecified atom stereocenters. The molecule has 0 bridgehead atoms. The number of benzene rings is 2. The van der Waals surface area contributed by atoms with Crippen LogP contribution >= 0.6 is 11.6 Å². The highest BCUT2D eigenvalue weighted by Crippen LogP contribution is 2.43. The number of pyridine rings is 1. The number of carbonyl (C=O) groups excluding carboxylic acids is 2. The van der Waals surface area contributed by atoms with Crippen LogP contribution in [0.15, 0.2) is 60.9 Å². The van der Waals surface area contributed by atoms with Crippen LogP contribution in [0.1, 0.15) is 82.0 Å². The Kier molecular flexibility index (Phi) is 6.54. The van der Waals surface area contributed by atoms with Crippen LogP contribution in [0, 0.1) is 5.41 Å². The first-order valence-electron chi connectivity index (χ1n) is 14.7. The molecule has 1 aromatic heterocycles. The molecule has 1 atom stereocenters. The zero-order chi connectivity index (χ0) is 27.3. The van der Waals surface area contributed by atoms with Crippen LogP contribution in [0.25, 0.3) is 0 Å². The lowest BCUT2D eigenvalue weighted by Gasteiger charge is -2.47. The number of rotatable bonds is 3. The first-order valence-corrected chi connectivity index (χ1v) is 15.0. The van der Waals surface area contributed by atoms with Crippen molar-refractivity contribution in [1.29, 1.82) is 0 Å². The van der Waals surface area contributed by atoms with Crippen LogP contribution in [-0.2, 0) is 13.0 Å². The Morgan fingerprint density at radius 2 is 1.68 bits per heavy atom. The summed E-state index contributed by atoms with van der Waals surface area (Å²) in [5.41, 5.74) is 6.35. The number of hydrogen-bond donors (Lipinski definition) is 0. The van der Waals surface area contributed by atoms with Crippen molar-refractivity contribution in [3.05, 3.63) is 93.8 Å². The quantitative estimate of drug-likeness (QED) is 0.382. The van der Waals surface area contributed by atoms with Gasteiger partial charge in [0.2, 0.25) is 0 Å². The highest BCUT2D eigenvalue weighted by Gasteiger charge is 2.40. The Balaban J connectivity index is 1.04. The number of nitrogens with zero attached hydrogens (tertiary/aromatic N) is 4. The third kappa shape index (κ3) is 4.46. The van der Waals surface area contributed by atoms with Crippen molar-refractivity contribution >= 4 is 29.1 Å². The van der Waals surface area contributed by atoms with E-state index in [1.807, 2.05) is 35.5 Å². The van der Waals surface area contributed by atoms with Crippen molar-refractivity contribution in [2.24, 2.45) is 5.41 Å². The molecule has 2 amide bonds. The van der Waals surface area contributed by atoms with Crippen LogP contribution < -0.4 is 4.90 Å². The second-order valence-corrected chi connectivity index (χ2v) is 12.4. The van der Waals surface area contributed by atoms with Gasteiger partial charge in [0.25, 0.3) is 11.8 Å². The van der Waals surface area contributed by atoms with E-state index in [9.17, 15) is 9.59 Å². The van der Waals surface area contributed by atoms with Gasteiger partial charge >= 0.3 is 0 Å². The van der Waals surface area contributed by atoms with Gasteiger partial charge in [-0.05, 0) is 97.4 Å². The predicted molar refractivity (Wildman–Crippen MR) is 157 cm³/mol. The minimum atomic E-state index is -0.0253. The van der Waals surface area contributed by atoms with Crippen molar-refractivity contribution in [3.63, 3.8) is 0 Å². The lowest BCUT2D eigenvalue weighted by Crippen LogP contribution is -2.48. The molecule has 7 rings (SSSR count). The molecule has 0 N–H and O–H groups in total. The summed E-state index contributed by atoms with van der Waals surface area (Å²) < 4.78 is 0. The summed E-state index contributed by atoms with van der Waals surface area (Å²) in [5.74, 6) is 0.127. The van der Waals surface area contributed by atoms with Crippen molar-refractivity contribution < 1.29 is 9.59 Å². The van der Waals surface area contributed by atoms with E-state index in [1.165, 1.54) is 24.1 Å². The number of halogens is 1. The van der Waals surface area contributed by atoms with Gasteiger partial charge in [0.15, 0.2) is 0 Å². The summed E-state index contributed by atoms with van der Waals surface area (Å²) >= 11 is 6.41. The number of aromatic nitrogens is 1. The van der Waals surface area contributed by atoms with Gasteiger partial charge in [-0.3, -0.25) is 14.6 Å². The second-order valence-electron chi connectivity index (χ2n) is 12.0. The standard InChI is InChI=1S/C33H35ClN4O2/c34-28-5-1-4-25-22-38(32(40)30(25)28)29-6-2-3-23-7-8-24(21-27(23)29)31(39)37-19-13-33(14-20-37)11-17-36(18-12-33)26-9-15-35-16-10-26/h1,4-5,7-10,15-16,21,29H,2-3,6,11-14,17-20,22H2/t29-/m1/s1. The van der Waals surface area contributed by atoms with E-state index in [0.717, 1.165) is 75.0 Å². The molecule has 40 heavy (non-hydrogen) atoms. The molecule has 0 saturated carbocycles. The van der Waals surface area contributed by atoms with Gasteiger partial charge in [0.05, 0.1) is 16.6 Å². The van der Waals surface area contributed by atoms with Crippen LogP contribution in [0.4, 0.5) is 5.69 Å². The van der Waals surface area contributed by atoms with Gasteiger partial charge in [0, 0.05) is 56.4 Å². The Labute approximate surface area is 240 Å². The van der Waals surface area contributed by atoms with E-state index >= 15 is 0 Å². The number of fused-ring (bicyclic) bond motifs is 2. The average Bonchev–Trinajstić information content (AvgIpc) is 3.34. The minimum absolute atomic E-state index is 0.00601. The van der Waals surface area contributed by atoms with E-state index in [1.54, 1.807) is 6.07 Å². The van der Waals surface area contributed by atoms with Crippen LogP contribution in [0.2, 0.25) is 5.02 Å². The number of anilines is 1. The van der Waals surface area contributed by atoms with Gasteiger partial charge in [-0.1, -0.05) is 29.8 Å². The molecule has 4 aliphatic rings. The van der Waals surface area contributed by atoms with E-state index in [4.69, 9.17) is 11.6 Å². The maximum absolute atomic E-state index is 13.7. The molecule has 2 saturated heterocycles. The van der Waals surface area contributed by atoms with Crippen molar-refractivity contribution in [1.82, 2.24) is 14.8 Å². The molecular formula is C33H35ClN4O2. The van der Waals surface area contributed by atoms with Crippen molar-refractivity contribution in [2.45, 2.75) is 57.5 Å². The fraction of sp³-hybridized carbons (Fsp3) is 0.424. The summed E-state index contributed by atoms with van der Waals surface area (Å²) in [7, 11) is 0. The molecule has 3 aliphatic heterocycles. The topological polar surface area (TPSA) is 56.8 Å². The summed E-state index contributed by atoms with van der Waals surface area (Å²) in [6.45, 7) is 4.33. The average molecular weight is 555 g/mol. The van der Waals surface area contributed by atoms with E-state index < -0.39 is 0 Å². The summed E-state index contributed by atoms with van der Waals surface area (Å²) in [5, 5.41) is 0.524. The predicted octanol–water partition coefficient (Wildman–Crippen LogP) is 6.29. The molecule has 2 fully saturated rings. The fourth-order valence-corrected chi connectivity index (χ4v) is 7.76. The van der Waals surface area contributed by atoms with Gasteiger partial charge in [0.1, 0.15) is 0 Å². The lowest BCUT2D eigenvalue weighted by molar-refractivity contribution is 0.0515. The van der Waals surface area contributed by atoms with E-state index in [0.29, 0.717) is 22.5 Å². The van der Waals surface area contributed by atoms with Crippen LogP contribution in [0.3, 0.4) is 0 Å². The van der Waals surface area contributed by atoms with Gasteiger partial charge < -0.3 is 14.7 Å². The molecule has 3 aromatic rings. The number of likely N-dealkylation sites (tertiary alicyclic amines) is 1. The monoisotopic (exact) mass is 554 g/mol. The number of amides is 2. The summed E-state index contributed by atoms with van der Waals surface area (Å²) in [6.07, 6.45) is 11.1. The Morgan fingerprint density at radius 1 is 0.925 bits per heavy atom. The highest BCUT2D eigenvalue weighted by atomic mass is 35.5. The number of aryl methyl sites for hydroxylation is 1. The van der Waals surface area contributed by atoms with E-state index in [2.05, 4.69) is 39.0 Å². The van der Waals surface area contributed by atoms with Gasteiger partial charge in [-0.15, -0.1) is 0 Å². The Bertz CT molecular complexity index is 1440. The molecular weight excluding hydrogens is 520 g/mol. The fourth-order valence-electron chi connectivity index (χ4n) is 7.48. The zero-order valence-corrected chi connectivity index (χ0v) is 23.6. The number of piperidine rings is 2.